The minimum absolute atomic E-state index is 0.103. The lowest BCUT2D eigenvalue weighted by molar-refractivity contribution is -0.143. The summed E-state index contributed by atoms with van der Waals surface area (Å²) in [5.74, 6) is 0.402. The number of rotatable bonds is 5. The Morgan fingerprint density at radius 2 is 2.08 bits per heavy atom. The molecular weight excluding hydrogens is 324 g/mol. The lowest BCUT2D eigenvalue weighted by Gasteiger charge is -2.33. The van der Waals surface area contributed by atoms with E-state index in [1.165, 1.54) is 4.90 Å². The zero-order valence-electron chi connectivity index (χ0n) is 13.8. The number of nitrogens with zero attached hydrogens (tertiary/aromatic N) is 4. The molecule has 0 bridgehead atoms. The molecule has 1 aliphatic rings. The summed E-state index contributed by atoms with van der Waals surface area (Å²) in [6, 6.07) is 5.60. The van der Waals surface area contributed by atoms with Gasteiger partial charge in [-0.05, 0) is 31.2 Å². The minimum atomic E-state index is -1.06. The quantitative estimate of drug-likeness (QED) is 0.822. The van der Waals surface area contributed by atoms with Crippen molar-refractivity contribution in [3.05, 3.63) is 54.1 Å². The second kappa shape index (κ2) is 6.76. The third-order valence-electron chi connectivity index (χ3n) is 4.07. The fraction of sp³-hybridized carbons (Fsp3) is 0.294. The number of carbonyl (C=O) groups is 2. The summed E-state index contributed by atoms with van der Waals surface area (Å²) < 4.78 is 7.12. The number of hydrogen-bond acceptors (Lipinski definition) is 5. The molecule has 1 unspecified atom stereocenters. The molecule has 0 saturated heterocycles. The Hall–Kier alpha value is -3.16. The van der Waals surface area contributed by atoms with E-state index in [4.69, 9.17) is 4.74 Å². The first-order valence-corrected chi connectivity index (χ1v) is 7.77. The number of aromatic nitrogens is 3. The second-order valence-electron chi connectivity index (χ2n) is 5.69. The van der Waals surface area contributed by atoms with Crippen LogP contribution in [-0.2, 0) is 17.9 Å². The number of carboxylic acid groups (broad SMARTS) is 1. The fourth-order valence-electron chi connectivity index (χ4n) is 2.75. The van der Waals surface area contributed by atoms with Gasteiger partial charge in [0.15, 0.2) is 5.82 Å². The molecule has 0 aliphatic carbocycles. The van der Waals surface area contributed by atoms with Gasteiger partial charge in [-0.3, -0.25) is 4.79 Å². The zero-order chi connectivity index (χ0) is 18.0. The van der Waals surface area contributed by atoms with Gasteiger partial charge in [0.05, 0.1) is 13.1 Å². The Morgan fingerprint density at radius 1 is 1.36 bits per heavy atom. The predicted octanol–water partition coefficient (Wildman–Crippen LogP) is 1.26. The predicted molar refractivity (Wildman–Crippen MR) is 88.2 cm³/mol. The van der Waals surface area contributed by atoms with Crippen molar-refractivity contribution in [3.63, 3.8) is 0 Å². The smallest absolute Gasteiger partial charge is 0.328 e. The molecule has 1 atom stereocenters. The molecule has 1 aromatic carbocycles. The molecule has 8 heteroatoms. The number of carbonyl (C=O) groups excluding carboxylic acids is 1. The van der Waals surface area contributed by atoms with Crippen molar-refractivity contribution in [1.82, 2.24) is 19.7 Å². The van der Waals surface area contributed by atoms with Crippen LogP contribution in [0.3, 0.4) is 0 Å². The number of aliphatic carboxylic acids is 1. The van der Waals surface area contributed by atoms with Crippen LogP contribution >= 0.6 is 0 Å². The Morgan fingerprint density at radius 3 is 2.72 bits per heavy atom. The Bertz CT molecular complexity index is 813. The standard InChI is InChI=1S/C17H18N4O4/c1-3-8-25-13-6-4-12(5-7-13)16(22)21-10-15-19-18-11(2)20(15)9-14(21)17(23)24/h3-7,14H,1,8-10H2,2H3,(H,23,24). The molecule has 8 nitrogen and oxygen atoms in total. The molecule has 3 rings (SSSR count). The van der Waals surface area contributed by atoms with Crippen LogP contribution in [0.25, 0.3) is 0 Å². The number of aryl methyl sites for hydroxylation is 1. The average Bonchev–Trinajstić information content (AvgIpc) is 2.99. The number of hydrogen-bond donors (Lipinski definition) is 1. The Labute approximate surface area is 144 Å². The van der Waals surface area contributed by atoms with Crippen molar-refractivity contribution in [2.75, 3.05) is 6.61 Å². The van der Waals surface area contributed by atoms with Crippen molar-refractivity contribution in [2.45, 2.75) is 26.1 Å². The maximum atomic E-state index is 12.8. The lowest BCUT2D eigenvalue weighted by atomic mass is 10.1. The molecule has 1 aromatic heterocycles. The van der Waals surface area contributed by atoms with Crippen LogP contribution < -0.4 is 4.74 Å². The highest BCUT2D eigenvalue weighted by Crippen LogP contribution is 2.21. The van der Waals surface area contributed by atoms with E-state index in [2.05, 4.69) is 16.8 Å². The molecule has 0 fully saturated rings. The summed E-state index contributed by atoms with van der Waals surface area (Å²) in [5.41, 5.74) is 0.391. The van der Waals surface area contributed by atoms with Crippen molar-refractivity contribution >= 4 is 11.9 Å². The third kappa shape index (κ3) is 3.23. The lowest BCUT2D eigenvalue weighted by Crippen LogP contribution is -2.50. The van der Waals surface area contributed by atoms with Crippen LogP contribution in [-0.4, -0.2) is 49.3 Å². The number of amides is 1. The topological polar surface area (TPSA) is 97.5 Å². The van der Waals surface area contributed by atoms with Crippen molar-refractivity contribution < 1.29 is 19.4 Å². The van der Waals surface area contributed by atoms with E-state index in [1.807, 2.05) is 0 Å². The number of fused-ring (bicyclic) bond motifs is 1. The first-order valence-electron chi connectivity index (χ1n) is 7.77. The minimum Gasteiger partial charge on any atom is -0.490 e. The molecular formula is C17H18N4O4. The molecule has 1 N–H and O–H groups in total. The van der Waals surface area contributed by atoms with E-state index < -0.39 is 12.0 Å². The highest BCUT2D eigenvalue weighted by Gasteiger charge is 2.36. The Balaban J connectivity index is 1.84. The van der Waals surface area contributed by atoms with Gasteiger partial charge in [0.1, 0.15) is 24.2 Å². The Kier molecular flexibility index (Phi) is 4.51. The molecule has 1 aliphatic heterocycles. The van der Waals surface area contributed by atoms with Crippen LogP contribution in [0.2, 0.25) is 0 Å². The third-order valence-corrected chi connectivity index (χ3v) is 4.07. The van der Waals surface area contributed by atoms with E-state index in [9.17, 15) is 14.7 Å². The average molecular weight is 342 g/mol. The van der Waals surface area contributed by atoms with Gasteiger partial charge in [0.25, 0.3) is 5.91 Å². The molecule has 2 heterocycles. The second-order valence-corrected chi connectivity index (χ2v) is 5.69. The SMILES string of the molecule is C=CCOc1ccc(C(=O)N2Cc3nnc(C)n3CC2C(=O)O)cc1. The van der Waals surface area contributed by atoms with Gasteiger partial charge in [0, 0.05) is 5.56 Å². The summed E-state index contributed by atoms with van der Waals surface area (Å²) in [5, 5.41) is 17.5. The first kappa shape index (κ1) is 16.7. The molecule has 0 saturated carbocycles. The van der Waals surface area contributed by atoms with Crippen molar-refractivity contribution in [1.29, 1.82) is 0 Å². The highest BCUT2D eigenvalue weighted by molar-refractivity contribution is 5.96. The van der Waals surface area contributed by atoms with Crippen LogP contribution in [0.1, 0.15) is 22.0 Å². The maximum Gasteiger partial charge on any atom is 0.328 e. The van der Waals surface area contributed by atoms with E-state index in [0.29, 0.717) is 29.6 Å². The maximum absolute atomic E-state index is 12.8. The fourth-order valence-corrected chi connectivity index (χ4v) is 2.75. The summed E-state index contributed by atoms with van der Waals surface area (Å²) >= 11 is 0. The summed E-state index contributed by atoms with van der Waals surface area (Å²) in [7, 11) is 0. The molecule has 0 radical (unpaired) electrons. The molecule has 0 spiro atoms. The number of benzene rings is 1. The summed E-state index contributed by atoms with van der Waals surface area (Å²) in [6.45, 7) is 5.94. The molecule has 25 heavy (non-hydrogen) atoms. The highest BCUT2D eigenvalue weighted by atomic mass is 16.5. The normalized spacial score (nSPS) is 16.2. The van der Waals surface area contributed by atoms with Crippen molar-refractivity contribution in [3.8, 4) is 5.75 Å². The largest absolute Gasteiger partial charge is 0.490 e. The van der Waals surface area contributed by atoms with Gasteiger partial charge < -0.3 is 19.3 Å². The summed E-state index contributed by atoms with van der Waals surface area (Å²) in [4.78, 5) is 25.8. The molecule has 1 amide bonds. The van der Waals surface area contributed by atoms with Gasteiger partial charge >= 0.3 is 5.97 Å². The van der Waals surface area contributed by atoms with Gasteiger partial charge in [0.2, 0.25) is 0 Å². The van der Waals surface area contributed by atoms with E-state index in [-0.39, 0.29) is 19.0 Å². The van der Waals surface area contributed by atoms with E-state index in [1.54, 1.807) is 41.8 Å². The van der Waals surface area contributed by atoms with Gasteiger partial charge in [-0.15, -0.1) is 10.2 Å². The van der Waals surface area contributed by atoms with E-state index >= 15 is 0 Å². The van der Waals surface area contributed by atoms with Gasteiger partial charge in [-0.25, -0.2) is 4.79 Å². The molecule has 2 aromatic rings. The van der Waals surface area contributed by atoms with Crippen LogP contribution in [0.15, 0.2) is 36.9 Å². The monoisotopic (exact) mass is 342 g/mol. The van der Waals surface area contributed by atoms with Crippen LogP contribution in [0.5, 0.6) is 5.75 Å². The van der Waals surface area contributed by atoms with Crippen LogP contribution in [0, 0.1) is 6.92 Å². The summed E-state index contributed by atoms with van der Waals surface area (Å²) in [6.07, 6.45) is 1.63. The van der Waals surface area contributed by atoms with Crippen LogP contribution in [0.4, 0.5) is 0 Å². The van der Waals surface area contributed by atoms with Gasteiger partial charge in [-0.1, -0.05) is 12.7 Å². The number of ether oxygens (including phenoxy) is 1. The number of carboxylic acids is 1. The zero-order valence-corrected chi connectivity index (χ0v) is 13.8. The van der Waals surface area contributed by atoms with Gasteiger partial charge in [-0.2, -0.15) is 0 Å². The van der Waals surface area contributed by atoms with Crippen molar-refractivity contribution in [2.24, 2.45) is 0 Å². The van der Waals surface area contributed by atoms with E-state index in [0.717, 1.165) is 0 Å². The molecule has 130 valence electrons. The first-order chi connectivity index (χ1) is 12.0.